The molecule has 8 heteroatoms. The van der Waals surface area contributed by atoms with Gasteiger partial charge in [-0.15, -0.1) is 21.5 Å². The minimum Gasteiger partial charge on any atom is -0.493 e. The van der Waals surface area contributed by atoms with Crippen LogP contribution in [0.1, 0.15) is 34.9 Å². The van der Waals surface area contributed by atoms with Gasteiger partial charge in [-0.1, -0.05) is 24.3 Å². The van der Waals surface area contributed by atoms with Crippen LogP contribution in [0.3, 0.4) is 0 Å². The quantitative estimate of drug-likeness (QED) is 0.375. The number of nitrogens with one attached hydrogen (secondary N) is 2. The SMILES string of the molecule is Cc1nnc(CNC(=NCc2ccccc2OCC2CC2)NCCc2cccs2)n1C. The van der Waals surface area contributed by atoms with E-state index in [2.05, 4.69) is 44.4 Å². The highest BCUT2D eigenvalue weighted by Crippen LogP contribution is 2.30. The predicted octanol–water partition coefficient (Wildman–Crippen LogP) is 3.45. The lowest BCUT2D eigenvalue weighted by molar-refractivity contribution is 0.297. The Morgan fingerprint density at radius 2 is 2.06 bits per heavy atom. The van der Waals surface area contributed by atoms with Crippen molar-refractivity contribution < 1.29 is 4.74 Å². The lowest BCUT2D eigenvalue weighted by Crippen LogP contribution is -2.38. The van der Waals surface area contributed by atoms with Gasteiger partial charge in [0.25, 0.3) is 0 Å². The molecule has 2 aromatic heterocycles. The van der Waals surface area contributed by atoms with Crippen LogP contribution in [-0.4, -0.2) is 33.9 Å². The Bertz CT molecular complexity index is 993. The number of hydrogen-bond donors (Lipinski definition) is 2. The molecule has 2 heterocycles. The molecular formula is C23H30N6OS. The van der Waals surface area contributed by atoms with Gasteiger partial charge in [-0.05, 0) is 49.6 Å². The molecule has 1 aliphatic rings. The van der Waals surface area contributed by atoms with Crippen LogP contribution >= 0.6 is 11.3 Å². The Balaban J connectivity index is 1.40. The smallest absolute Gasteiger partial charge is 0.191 e. The first kappa shape index (κ1) is 21.4. The average molecular weight is 439 g/mol. The summed E-state index contributed by atoms with van der Waals surface area (Å²) in [7, 11) is 1.97. The topological polar surface area (TPSA) is 76.4 Å². The van der Waals surface area contributed by atoms with E-state index in [1.165, 1.54) is 17.7 Å². The number of aliphatic imine (C=N–C) groups is 1. The summed E-state index contributed by atoms with van der Waals surface area (Å²) in [5.41, 5.74) is 1.09. The Labute approximate surface area is 187 Å². The van der Waals surface area contributed by atoms with Gasteiger partial charge in [-0.2, -0.15) is 0 Å². The number of thiophene rings is 1. The van der Waals surface area contributed by atoms with E-state index in [1.54, 1.807) is 11.3 Å². The van der Waals surface area contributed by atoms with Crippen molar-refractivity contribution >= 4 is 17.3 Å². The van der Waals surface area contributed by atoms with Gasteiger partial charge >= 0.3 is 0 Å². The third-order valence-corrected chi connectivity index (χ3v) is 6.33. The molecule has 1 aliphatic carbocycles. The standard InChI is InChI=1S/C23H30N6OS/c1-17-27-28-22(29(17)2)15-26-23(24-12-11-20-7-5-13-31-20)25-14-19-6-3-4-8-21(19)30-16-18-9-10-18/h3-8,13,18H,9-12,14-16H2,1-2H3,(H2,24,25,26). The Morgan fingerprint density at radius 3 is 2.81 bits per heavy atom. The van der Waals surface area contributed by atoms with E-state index in [9.17, 15) is 0 Å². The van der Waals surface area contributed by atoms with E-state index < -0.39 is 0 Å². The summed E-state index contributed by atoms with van der Waals surface area (Å²) in [6.45, 7) is 4.67. The molecule has 4 rings (SSSR count). The molecule has 3 aromatic rings. The fraction of sp³-hybridized carbons (Fsp3) is 0.435. The molecule has 0 saturated heterocycles. The second-order valence-corrected chi connectivity index (χ2v) is 8.89. The largest absolute Gasteiger partial charge is 0.493 e. The molecule has 164 valence electrons. The zero-order valence-corrected chi connectivity index (χ0v) is 19.0. The first-order valence-electron chi connectivity index (χ1n) is 10.8. The van der Waals surface area contributed by atoms with E-state index in [-0.39, 0.29) is 0 Å². The van der Waals surface area contributed by atoms with Crippen LogP contribution in [0, 0.1) is 12.8 Å². The van der Waals surface area contributed by atoms with Crippen molar-refractivity contribution in [3.8, 4) is 5.75 Å². The molecule has 2 N–H and O–H groups in total. The fourth-order valence-corrected chi connectivity index (χ4v) is 3.84. The summed E-state index contributed by atoms with van der Waals surface area (Å²) in [5, 5.41) is 17.3. The molecule has 31 heavy (non-hydrogen) atoms. The average Bonchev–Trinajstić information content (AvgIpc) is 3.37. The van der Waals surface area contributed by atoms with Gasteiger partial charge in [0.05, 0.1) is 19.7 Å². The lowest BCUT2D eigenvalue weighted by atomic mass is 10.2. The summed E-state index contributed by atoms with van der Waals surface area (Å²) in [6, 6.07) is 12.4. The van der Waals surface area contributed by atoms with Crippen molar-refractivity contribution in [1.82, 2.24) is 25.4 Å². The number of nitrogens with zero attached hydrogens (tertiary/aromatic N) is 4. The maximum atomic E-state index is 6.04. The van der Waals surface area contributed by atoms with Crippen LogP contribution in [0.5, 0.6) is 5.75 Å². The molecule has 1 aromatic carbocycles. The third kappa shape index (κ3) is 6.30. The van der Waals surface area contributed by atoms with Crippen LogP contribution in [0.4, 0.5) is 0 Å². The number of aromatic nitrogens is 3. The first-order valence-corrected chi connectivity index (χ1v) is 11.7. The predicted molar refractivity (Wildman–Crippen MR) is 124 cm³/mol. The molecule has 0 spiro atoms. The van der Waals surface area contributed by atoms with Crippen molar-refractivity contribution in [2.75, 3.05) is 13.2 Å². The molecular weight excluding hydrogens is 408 g/mol. The minimum absolute atomic E-state index is 0.549. The van der Waals surface area contributed by atoms with Gasteiger partial charge in [-0.3, -0.25) is 0 Å². The van der Waals surface area contributed by atoms with E-state index in [1.807, 2.05) is 36.7 Å². The first-order chi connectivity index (χ1) is 15.2. The van der Waals surface area contributed by atoms with Crippen LogP contribution in [0.25, 0.3) is 0 Å². The van der Waals surface area contributed by atoms with E-state index in [0.29, 0.717) is 13.1 Å². The summed E-state index contributed by atoms with van der Waals surface area (Å²) < 4.78 is 8.02. The highest BCUT2D eigenvalue weighted by molar-refractivity contribution is 7.09. The normalized spacial score (nSPS) is 13.9. The zero-order chi connectivity index (χ0) is 21.5. The van der Waals surface area contributed by atoms with E-state index >= 15 is 0 Å². The molecule has 0 unspecified atom stereocenters. The molecule has 0 bridgehead atoms. The van der Waals surface area contributed by atoms with Crippen LogP contribution < -0.4 is 15.4 Å². The maximum absolute atomic E-state index is 6.04. The van der Waals surface area contributed by atoms with E-state index in [4.69, 9.17) is 9.73 Å². The molecule has 0 aliphatic heterocycles. The fourth-order valence-electron chi connectivity index (χ4n) is 3.13. The van der Waals surface area contributed by atoms with Gasteiger partial charge in [0.15, 0.2) is 11.8 Å². The molecule has 0 atom stereocenters. The van der Waals surface area contributed by atoms with Crippen molar-refractivity contribution in [2.24, 2.45) is 18.0 Å². The number of benzene rings is 1. The number of hydrogen-bond acceptors (Lipinski definition) is 5. The number of ether oxygens (including phenoxy) is 1. The van der Waals surface area contributed by atoms with Gasteiger partial charge < -0.3 is 19.9 Å². The van der Waals surface area contributed by atoms with Crippen molar-refractivity contribution in [1.29, 1.82) is 0 Å². The van der Waals surface area contributed by atoms with Gasteiger partial charge in [0.2, 0.25) is 0 Å². The monoisotopic (exact) mass is 438 g/mol. The molecule has 1 saturated carbocycles. The van der Waals surface area contributed by atoms with E-state index in [0.717, 1.165) is 54.4 Å². The Morgan fingerprint density at radius 1 is 1.19 bits per heavy atom. The van der Waals surface area contributed by atoms with Crippen molar-refractivity contribution in [3.05, 3.63) is 63.9 Å². The highest BCUT2D eigenvalue weighted by Gasteiger charge is 2.22. The summed E-state index contributed by atoms with van der Waals surface area (Å²) >= 11 is 1.78. The lowest BCUT2D eigenvalue weighted by Gasteiger charge is -2.14. The van der Waals surface area contributed by atoms with Crippen LogP contribution in [0.2, 0.25) is 0 Å². The number of para-hydroxylation sites is 1. The molecule has 0 radical (unpaired) electrons. The minimum atomic E-state index is 0.549. The van der Waals surface area contributed by atoms with Crippen LogP contribution in [-0.2, 0) is 26.6 Å². The number of guanidine groups is 1. The summed E-state index contributed by atoms with van der Waals surface area (Å²) in [6.07, 6.45) is 3.52. The number of aryl methyl sites for hydroxylation is 1. The Kier molecular flexibility index (Phi) is 7.19. The number of rotatable bonds is 10. The van der Waals surface area contributed by atoms with Crippen molar-refractivity contribution in [2.45, 2.75) is 39.3 Å². The second-order valence-electron chi connectivity index (χ2n) is 7.86. The van der Waals surface area contributed by atoms with Crippen LogP contribution in [0.15, 0.2) is 46.8 Å². The Hall–Kier alpha value is -2.87. The zero-order valence-electron chi connectivity index (χ0n) is 18.2. The maximum Gasteiger partial charge on any atom is 0.191 e. The second kappa shape index (κ2) is 10.4. The van der Waals surface area contributed by atoms with Gasteiger partial charge in [-0.25, -0.2) is 4.99 Å². The summed E-state index contributed by atoms with van der Waals surface area (Å²) in [4.78, 5) is 6.18. The van der Waals surface area contributed by atoms with Gasteiger partial charge in [0, 0.05) is 24.0 Å². The molecule has 1 fully saturated rings. The molecule has 0 amide bonds. The third-order valence-electron chi connectivity index (χ3n) is 5.39. The van der Waals surface area contributed by atoms with Crippen molar-refractivity contribution in [3.63, 3.8) is 0 Å². The van der Waals surface area contributed by atoms with Gasteiger partial charge in [0.1, 0.15) is 11.6 Å². The molecule has 7 nitrogen and oxygen atoms in total. The highest BCUT2D eigenvalue weighted by atomic mass is 32.1. The summed E-state index contributed by atoms with van der Waals surface area (Å²) in [5.74, 6) is 4.18.